The van der Waals surface area contributed by atoms with Gasteiger partial charge in [-0.3, -0.25) is 9.69 Å². The van der Waals surface area contributed by atoms with Gasteiger partial charge in [-0.1, -0.05) is 24.3 Å². The van der Waals surface area contributed by atoms with E-state index in [9.17, 15) is 4.79 Å². The number of hydrogen-bond acceptors (Lipinski definition) is 5. The van der Waals surface area contributed by atoms with E-state index in [0.717, 1.165) is 67.4 Å². The predicted octanol–water partition coefficient (Wildman–Crippen LogP) is 4.68. The first-order valence-electron chi connectivity index (χ1n) is 12.7. The lowest BCUT2D eigenvalue weighted by Crippen LogP contribution is -2.49. The molecule has 4 aromatic rings. The molecule has 36 heavy (non-hydrogen) atoms. The standard InChI is InChI=1S/C28H29FN6O/c1-18-6-4-7-19-12-14-31-27(25(18)19)35(21-8-5-13-30-17-21)28(36)22-11-10-20(16-23(22)29)26-33-32-24-9-2-3-15-34(24)26/h4,6-7,10-12,14,16,21,30H,2-3,5,8-9,13,15,17H2,1H3/t21-/m1/s1. The second-order valence-corrected chi connectivity index (χ2v) is 9.73. The van der Waals surface area contributed by atoms with Crippen molar-refractivity contribution >= 4 is 22.5 Å². The van der Waals surface area contributed by atoms with Crippen molar-refractivity contribution < 1.29 is 9.18 Å². The molecular formula is C28H29FN6O. The number of pyridine rings is 1. The van der Waals surface area contributed by atoms with Gasteiger partial charge in [0, 0.05) is 36.7 Å². The lowest BCUT2D eigenvalue weighted by molar-refractivity contribution is 0.0968. The molecule has 0 radical (unpaired) electrons. The summed E-state index contributed by atoms with van der Waals surface area (Å²) in [5.74, 6) is 1.24. The van der Waals surface area contributed by atoms with E-state index in [4.69, 9.17) is 0 Å². The van der Waals surface area contributed by atoms with Crippen LogP contribution in [0.25, 0.3) is 22.2 Å². The first-order chi connectivity index (χ1) is 17.6. The van der Waals surface area contributed by atoms with E-state index >= 15 is 4.39 Å². The molecule has 2 aromatic carbocycles. The number of benzene rings is 2. The fraction of sp³-hybridized carbons (Fsp3) is 0.357. The molecule has 1 atom stereocenters. The number of fused-ring (bicyclic) bond motifs is 2. The number of nitrogens with one attached hydrogen (secondary N) is 1. The molecule has 0 bridgehead atoms. The number of aryl methyl sites for hydroxylation is 2. The number of rotatable bonds is 4. The number of piperidine rings is 1. The second kappa shape index (κ2) is 9.43. The van der Waals surface area contributed by atoms with Crippen LogP contribution in [-0.4, -0.2) is 44.8 Å². The molecule has 184 valence electrons. The summed E-state index contributed by atoms with van der Waals surface area (Å²) in [6, 6.07) is 12.6. The molecule has 8 heteroatoms. The highest BCUT2D eigenvalue weighted by molar-refractivity contribution is 6.11. The maximum atomic E-state index is 15.6. The minimum Gasteiger partial charge on any atom is -0.315 e. The number of amides is 1. The van der Waals surface area contributed by atoms with Crippen LogP contribution in [0.5, 0.6) is 0 Å². The Labute approximate surface area is 209 Å². The van der Waals surface area contributed by atoms with E-state index in [1.807, 2.05) is 31.2 Å². The van der Waals surface area contributed by atoms with Gasteiger partial charge in [-0.15, -0.1) is 10.2 Å². The van der Waals surface area contributed by atoms with Crippen LogP contribution in [0.1, 0.15) is 47.4 Å². The summed E-state index contributed by atoms with van der Waals surface area (Å²) < 4.78 is 17.7. The van der Waals surface area contributed by atoms with Crippen LogP contribution < -0.4 is 10.2 Å². The van der Waals surface area contributed by atoms with Gasteiger partial charge in [-0.2, -0.15) is 0 Å². The number of nitrogens with zero attached hydrogens (tertiary/aromatic N) is 5. The maximum Gasteiger partial charge on any atom is 0.262 e. The maximum absolute atomic E-state index is 15.6. The van der Waals surface area contributed by atoms with Crippen LogP contribution in [0.2, 0.25) is 0 Å². The SMILES string of the molecule is Cc1cccc2ccnc(N(C(=O)c3ccc(-c4nnc5n4CCCC5)cc3F)[C@@H]3CCCNC3)c12. The molecule has 0 saturated carbocycles. The van der Waals surface area contributed by atoms with Crippen molar-refractivity contribution in [1.29, 1.82) is 0 Å². The molecule has 0 aliphatic carbocycles. The van der Waals surface area contributed by atoms with Crippen LogP contribution in [-0.2, 0) is 13.0 Å². The molecule has 2 aliphatic heterocycles. The number of halogens is 1. The number of carbonyl (C=O) groups is 1. The third kappa shape index (κ3) is 3.95. The van der Waals surface area contributed by atoms with E-state index < -0.39 is 5.82 Å². The van der Waals surface area contributed by atoms with Crippen molar-refractivity contribution in [3.8, 4) is 11.4 Å². The first-order valence-corrected chi connectivity index (χ1v) is 12.7. The lowest BCUT2D eigenvalue weighted by Gasteiger charge is -2.35. The lowest BCUT2D eigenvalue weighted by atomic mass is 10.0. The summed E-state index contributed by atoms with van der Waals surface area (Å²) in [5.41, 5.74) is 1.70. The van der Waals surface area contributed by atoms with Crippen molar-refractivity contribution in [3.05, 3.63) is 71.4 Å². The van der Waals surface area contributed by atoms with Crippen LogP contribution in [0, 0.1) is 12.7 Å². The van der Waals surface area contributed by atoms with E-state index in [1.165, 1.54) is 6.07 Å². The molecule has 4 heterocycles. The Morgan fingerprint density at radius 2 is 2.06 bits per heavy atom. The minimum atomic E-state index is -0.559. The van der Waals surface area contributed by atoms with Crippen molar-refractivity contribution in [2.24, 2.45) is 0 Å². The van der Waals surface area contributed by atoms with Gasteiger partial charge < -0.3 is 9.88 Å². The Morgan fingerprint density at radius 1 is 1.14 bits per heavy atom. The third-order valence-electron chi connectivity index (χ3n) is 7.38. The zero-order valence-corrected chi connectivity index (χ0v) is 20.4. The van der Waals surface area contributed by atoms with Gasteiger partial charge in [0.25, 0.3) is 5.91 Å². The quantitative estimate of drug-likeness (QED) is 0.455. The largest absolute Gasteiger partial charge is 0.315 e. The summed E-state index contributed by atoms with van der Waals surface area (Å²) in [6.07, 6.45) is 6.52. The van der Waals surface area contributed by atoms with Gasteiger partial charge in [0.2, 0.25) is 0 Å². The Balaban J connectivity index is 1.42. The van der Waals surface area contributed by atoms with Crippen LogP contribution in [0.15, 0.2) is 48.7 Å². The van der Waals surface area contributed by atoms with Crippen molar-refractivity contribution in [2.45, 2.75) is 51.6 Å². The molecule has 6 rings (SSSR count). The smallest absolute Gasteiger partial charge is 0.262 e. The molecule has 7 nitrogen and oxygen atoms in total. The normalized spacial score (nSPS) is 17.7. The molecule has 1 fully saturated rings. The van der Waals surface area contributed by atoms with E-state index in [0.29, 0.717) is 23.8 Å². The Bertz CT molecular complexity index is 1440. The minimum absolute atomic E-state index is 0.0371. The second-order valence-electron chi connectivity index (χ2n) is 9.73. The van der Waals surface area contributed by atoms with Gasteiger partial charge in [-0.25, -0.2) is 9.37 Å². The van der Waals surface area contributed by atoms with E-state index in [2.05, 4.69) is 25.1 Å². The fourth-order valence-electron chi connectivity index (χ4n) is 5.54. The van der Waals surface area contributed by atoms with Crippen molar-refractivity contribution in [3.63, 3.8) is 0 Å². The molecule has 1 saturated heterocycles. The van der Waals surface area contributed by atoms with Crippen LogP contribution >= 0.6 is 0 Å². The van der Waals surface area contributed by atoms with Crippen molar-refractivity contribution in [2.75, 3.05) is 18.0 Å². The Morgan fingerprint density at radius 3 is 2.89 bits per heavy atom. The van der Waals surface area contributed by atoms with Crippen LogP contribution in [0.4, 0.5) is 10.2 Å². The predicted molar refractivity (Wildman–Crippen MR) is 138 cm³/mol. The molecule has 0 unspecified atom stereocenters. The topological polar surface area (TPSA) is 75.9 Å². The van der Waals surface area contributed by atoms with E-state index in [1.54, 1.807) is 23.2 Å². The molecule has 2 aliphatic rings. The van der Waals surface area contributed by atoms with E-state index in [-0.39, 0.29) is 17.5 Å². The van der Waals surface area contributed by atoms with Gasteiger partial charge in [0.05, 0.1) is 11.6 Å². The summed E-state index contributed by atoms with van der Waals surface area (Å²) >= 11 is 0. The van der Waals surface area contributed by atoms with Crippen molar-refractivity contribution in [1.82, 2.24) is 25.1 Å². The molecule has 1 amide bonds. The van der Waals surface area contributed by atoms with Crippen LogP contribution in [0.3, 0.4) is 0 Å². The molecule has 2 aromatic heterocycles. The highest BCUT2D eigenvalue weighted by atomic mass is 19.1. The first kappa shape index (κ1) is 22.8. The average Bonchev–Trinajstić information content (AvgIpc) is 3.34. The zero-order chi connectivity index (χ0) is 24.6. The van der Waals surface area contributed by atoms with Gasteiger partial charge in [0.15, 0.2) is 5.82 Å². The number of hydrogen-bond donors (Lipinski definition) is 1. The summed E-state index contributed by atoms with van der Waals surface area (Å²) in [4.78, 5) is 20.4. The van der Waals surface area contributed by atoms with Gasteiger partial charge in [0.1, 0.15) is 17.5 Å². The molecule has 1 N–H and O–H groups in total. The summed E-state index contributed by atoms with van der Waals surface area (Å²) in [7, 11) is 0. The monoisotopic (exact) mass is 484 g/mol. The van der Waals surface area contributed by atoms with Gasteiger partial charge in [-0.05, 0) is 68.3 Å². The molecule has 0 spiro atoms. The number of aromatic nitrogens is 4. The highest BCUT2D eigenvalue weighted by Crippen LogP contribution is 2.32. The highest BCUT2D eigenvalue weighted by Gasteiger charge is 2.32. The summed E-state index contributed by atoms with van der Waals surface area (Å²) in [6.45, 7) is 4.39. The average molecular weight is 485 g/mol. The Hall–Kier alpha value is -3.65. The zero-order valence-electron chi connectivity index (χ0n) is 20.4. The Kier molecular flexibility index (Phi) is 5.97. The fourth-order valence-corrected chi connectivity index (χ4v) is 5.54. The summed E-state index contributed by atoms with van der Waals surface area (Å²) in [5, 5.41) is 13.9. The number of anilines is 1. The third-order valence-corrected chi connectivity index (χ3v) is 7.38. The number of carbonyl (C=O) groups excluding carboxylic acids is 1. The molecular weight excluding hydrogens is 455 g/mol. The van der Waals surface area contributed by atoms with Gasteiger partial charge >= 0.3 is 0 Å².